The number of nitrogens with zero attached hydrogens (tertiary/aromatic N) is 1. The minimum Gasteiger partial charge on any atom is -0.310 e. The van der Waals surface area contributed by atoms with Crippen molar-refractivity contribution >= 4 is 17.1 Å². The normalized spacial score (nSPS) is 15.9. The number of anilines is 3. The maximum Gasteiger partial charge on any atom is 0.0543 e. The monoisotopic (exact) mass is 699 g/mol. The van der Waals surface area contributed by atoms with Gasteiger partial charge in [0, 0.05) is 22.4 Å². The third-order valence-electron chi connectivity index (χ3n) is 12.5. The first-order valence-electron chi connectivity index (χ1n) is 19.6. The number of rotatable bonds is 6. The predicted molar refractivity (Wildman–Crippen MR) is 230 cm³/mol. The van der Waals surface area contributed by atoms with Crippen molar-refractivity contribution in [2.45, 2.75) is 70.6 Å². The van der Waals surface area contributed by atoms with E-state index in [-0.39, 0.29) is 16.2 Å². The number of hydrogen-bond donors (Lipinski definition) is 0. The Morgan fingerprint density at radius 1 is 0.370 bits per heavy atom. The molecule has 0 amide bonds. The van der Waals surface area contributed by atoms with Crippen LogP contribution in [0.15, 0.2) is 164 Å². The van der Waals surface area contributed by atoms with Gasteiger partial charge in [0.2, 0.25) is 0 Å². The first kappa shape index (κ1) is 34.1. The van der Waals surface area contributed by atoms with Crippen molar-refractivity contribution in [2.24, 2.45) is 0 Å². The third kappa shape index (κ3) is 5.61. The van der Waals surface area contributed by atoms with Crippen LogP contribution in [0.4, 0.5) is 17.1 Å². The van der Waals surface area contributed by atoms with Crippen LogP contribution < -0.4 is 4.90 Å². The summed E-state index contributed by atoms with van der Waals surface area (Å²) in [4.78, 5) is 2.51. The molecule has 0 heterocycles. The van der Waals surface area contributed by atoms with E-state index in [1.54, 1.807) is 0 Å². The number of hydrogen-bond acceptors (Lipinski definition) is 1. The molecule has 1 nitrogen and oxygen atoms in total. The Balaban J connectivity index is 1.33. The van der Waals surface area contributed by atoms with Gasteiger partial charge in [0.15, 0.2) is 0 Å². The summed E-state index contributed by atoms with van der Waals surface area (Å²) in [6, 6.07) is 60.9. The van der Waals surface area contributed by atoms with Gasteiger partial charge in [-0.15, -0.1) is 0 Å². The Hall–Kier alpha value is -5.66. The molecule has 7 aromatic rings. The van der Waals surface area contributed by atoms with Crippen molar-refractivity contribution in [3.8, 4) is 44.5 Å². The molecule has 0 atom stereocenters. The molecule has 9 rings (SSSR count). The minimum absolute atomic E-state index is 0.0361. The molecule has 0 radical (unpaired) electrons. The molecule has 2 aliphatic rings. The molecular weight excluding hydrogens is 651 g/mol. The lowest BCUT2D eigenvalue weighted by atomic mass is 9.61. The first-order valence-corrected chi connectivity index (χ1v) is 19.6. The topological polar surface area (TPSA) is 3.24 Å². The van der Waals surface area contributed by atoms with Crippen LogP contribution in [0.2, 0.25) is 0 Å². The second kappa shape index (κ2) is 12.7. The molecule has 7 aromatic carbocycles. The lowest BCUT2D eigenvalue weighted by molar-refractivity contribution is 0.333. The van der Waals surface area contributed by atoms with Gasteiger partial charge in [0.05, 0.1) is 5.69 Å². The SMILES string of the molecule is CC1(C)CCC(C)(C)c2c(-c3cc4c(cc3N(c3ccc(-c5ccccc5)cc3)c3ccc(-c5ccccc5)cc3)C(C)(C)c3ccccc3-4)cccc21. The van der Waals surface area contributed by atoms with Crippen LogP contribution in [0.1, 0.15) is 76.6 Å². The van der Waals surface area contributed by atoms with Crippen LogP contribution in [0.25, 0.3) is 44.5 Å². The summed E-state index contributed by atoms with van der Waals surface area (Å²) >= 11 is 0. The van der Waals surface area contributed by atoms with Crippen molar-refractivity contribution in [1.82, 2.24) is 0 Å². The van der Waals surface area contributed by atoms with Gasteiger partial charge in [0.25, 0.3) is 0 Å². The summed E-state index contributed by atoms with van der Waals surface area (Å²) in [5.74, 6) is 0. The second-order valence-electron chi connectivity index (χ2n) is 17.2. The highest BCUT2D eigenvalue weighted by atomic mass is 15.1. The van der Waals surface area contributed by atoms with E-state index in [4.69, 9.17) is 0 Å². The van der Waals surface area contributed by atoms with E-state index in [1.165, 1.54) is 78.9 Å². The smallest absolute Gasteiger partial charge is 0.0543 e. The molecule has 54 heavy (non-hydrogen) atoms. The van der Waals surface area contributed by atoms with Crippen LogP contribution in [0.3, 0.4) is 0 Å². The van der Waals surface area contributed by atoms with Gasteiger partial charge in [0.1, 0.15) is 0 Å². The first-order chi connectivity index (χ1) is 26.0. The minimum atomic E-state index is -0.142. The van der Waals surface area contributed by atoms with Gasteiger partial charge >= 0.3 is 0 Å². The van der Waals surface area contributed by atoms with Gasteiger partial charge in [-0.2, -0.15) is 0 Å². The molecule has 0 spiro atoms. The van der Waals surface area contributed by atoms with E-state index in [1.807, 2.05) is 0 Å². The van der Waals surface area contributed by atoms with Crippen molar-refractivity contribution in [2.75, 3.05) is 4.90 Å². The number of benzene rings is 7. The van der Waals surface area contributed by atoms with E-state index in [2.05, 4.69) is 210 Å². The van der Waals surface area contributed by atoms with Gasteiger partial charge in [-0.3, -0.25) is 0 Å². The average molecular weight is 700 g/mol. The van der Waals surface area contributed by atoms with E-state index in [0.29, 0.717) is 0 Å². The fraction of sp³-hybridized carbons (Fsp3) is 0.208. The van der Waals surface area contributed by atoms with Crippen molar-refractivity contribution < 1.29 is 0 Å². The molecule has 2 aliphatic carbocycles. The van der Waals surface area contributed by atoms with E-state index in [0.717, 1.165) is 17.8 Å². The third-order valence-corrected chi connectivity index (χ3v) is 12.5. The van der Waals surface area contributed by atoms with Crippen molar-refractivity contribution in [3.63, 3.8) is 0 Å². The average Bonchev–Trinajstić information content (AvgIpc) is 3.42. The van der Waals surface area contributed by atoms with Crippen LogP contribution in [0.5, 0.6) is 0 Å². The van der Waals surface area contributed by atoms with E-state index < -0.39 is 0 Å². The molecule has 0 saturated heterocycles. The van der Waals surface area contributed by atoms with Crippen LogP contribution in [0, 0.1) is 0 Å². The Morgan fingerprint density at radius 2 is 0.852 bits per heavy atom. The highest BCUT2D eigenvalue weighted by Gasteiger charge is 2.41. The summed E-state index contributed by atoms with van der Waals surface area (Å²) in [7, 11) is 0. The predicted octanol–water partition coefficient (Wildman–Crippen LogP) is 14.8. The summed E-state index contributed by atoms with van der Waals surface area (Å²) in [5.41, 5.74) is 19.4. The molecule has 0 saturated carbocycles. The molecule has 0 N–H and O–H groups in total. The Morgan fingerprint density at radius 3 is 1.44 bits per heavy atom. The standard InChI is InChI=1S/C53H49N/c1-51(2)32-33-52(3,4)50-43(21-15-23-47(50)51)45-34-44-42-20-13-14-22-46(42)53(5,6)48(44)35-49(45)54(40-28-24-38(25-29-40)36-16-9-7-10-17-36)41-30-26-39(27-31-41)37-18-11-8-12-19-37/h7-31,34-35H,32-33H2,1-6H3. The zero-order valence-electron chi connectivity index (χ0n) is 32.4. The second-order valence-corrected chi connectivity index (χ2v) is 17.2. The van der Waals surface area contributed by atoms with Gasteiger partial charge < -0.3 is 4.90 Å². The molecule has 266 valence electrons. The molecule has 0 aliphatic heterocycles. The van der Waals surface area contributed by atoms with Crippen LogP contribution >= 0.6 is 0 Å². The Kier molecular flexibility index (Phi) is 8.05. The summed E-state index contributed by atoms with van der Waals surface area (Å²) in [6.45, 7) is 14.6. The van der Waals surface area contributed by atoms with E-state index >= 15 is 0 Å². The van der Waals surface area contributed by atoms with Gasteiger partial charge in [-0.1, -0.05) is 169 Å². The molecule has 0 fully saturated rings. The zero-order chi connectivity index (χ0) is 37.2. The van der Waals surface area contributed by atoms with Gasteiger partial charge in [-0.25, -0.2) is 0 Å². The fourth-order valence-corrected chi connectivity index (χ4v) is 9.39. The Labute approximate surface area is 322 Å². The van der Waals surface area contributed by atoms with Crippen LogP contribution in [-0.2, 0) is 16.2 Å². The summed E-state index contributed by atoms with van der Waals surface area (Å²) < 4.78 is 0. The number of fused-ring (bicyclic) bond motifs is 4. The molecule has 0 unspecified atom stereocenters. The lowest BCUT2D eigenvalue weighted by Crippen LogP contribution is -2.34. The van der Waals surface area contributed by atoms with Crippen molar-refractivity contribution in [1.29, 1.82) is 0 Å². The highest BCUT2D eigenvalue weighted by Crippen LogP contribution is 2.56. The maximum atomic E-state index is 2.54. The molecule has 0 bridgehead atoms. The summed E-state index contributed by atoms with van der Waals surface area (Å²) in [6.07, 6.45) is 2.34. The van der Waals surface area contributed by atoms with Crippen molar-refractivity contribution in [3.05, 3.63) is 186 Å². The quantitative estimate of drug-likeness (QED) is 0.167. The fourth-order valence-electron chi connectivity index (χ4n) is 9.39. The molecule has 0 aromatic heterocycles. The Bertz CT molecular complexity index is 2400. The molecular formula is C53H49N. The van der Waals surface area contributed by atoms with Gasteiger partial charge in [-0.05, 0) is 121 Å². The lowest BCUT2D eigenvalue weighted by Gasteiger charge is -2.43. The highest BCUT2D eigenvalue weighted by molar-refractivity contribution is 5.96. The maximum absolute atomic E-state index is 2.54. The van der Waals surface area contributed by atoms with E-state index in [9.17, 15) is 0 Å². The largest absolute Gasteiger partial charge is 0.310 e. The van der Waals surface area contributed by atoms with Crippen LogP contribution in [-0.4, -0.2) is 0 Å². The zero-order valence-corrected chi connectivity index (χ0v) is 32.4. The summed E-state index contributed by atoms with van der Waals surface area (Å²) in [5, 5.41) is 0. The molecule has 1 heteroatoms.